The Labute approximate surface area is 149 Å². The summed E-state index contributed by atoms with van der Waals surface area (Å²) in [6, 6.07) is 7.55. The summed E-state index contributed by atoms with van der Waals surface area (Å²) in [5.41, 5.74) is 1.00. The fraction of sp³-hybridized carbons (Fsp3) is 0.600. The lowest BCUT2D eigenvalue weighted by atomic mass is 9.83. The monoisotopic (exact) mass is 344 g/mol. The van der Waals surface area contributed by atoms with Gasteiger partial charge in [0.25, 0.3) is 0 Å². The van der Waals surface area contributed by atoms with Crippen LogP contribution in [0.25, 0.3) is 0 Å². The zero-order valence-corrected chi connectivity index (χ0v) is 15.2. The number of rotatable bonds is 3. The zero-order chi connectivity index (χ0) is 17.8. The van der Waals surface area contributed by atoms with Gasteiger partial charge in [-0.15, -0.1) is 0 Å². The largest absolute Gasteiger partial charge is 0.497 e. The van der Waals surface area contributed by atoms with Crippen molar-refractivity contribution in [3.8, 4) is 5.75 Å². The molecule has 1 aromatic carbocycles. The number of amides is 2. The molecule has 0 N–H and O–H groups in total. The van der Waals surface area contributed by atoms with Crippen molar-refractivity contribution in [2.24, 2.45) is 5.92 Å². The molecule has 2 atom stereocenters. The highest BCUT2D eigenvalue weighted by Gasteiger charge is 2.40. The van der Waals surface area contributed by atoms with Crippen LogP contribution in [0.2, 0.25) is 0 Å². The first kappa shape index (κ1) is 17.8. The van der Waals surface area contributed by atoms with Gasteiger partial charge in [0.1, 0.15) is 5.75 Å². The van der Waals surface area contributed by atoms with Crippen LogP contribution in [-0.2, 0) is 9.59 Å². The van der Waals surface area contributed by atoms with Gasteiger partial charge in [0.15, 0.2) is 0 Å². The highest BCUT2D eigenvalue weighted by atomic mass is 16.5. The minimum absolute atomic E-state index is 0.112. The summed E-state index contributed by atoms with van der Waals surface area (Å²) in [6.07, 6.45) is 5.66. The Morgan fingerprint density at radius 1 is 1.08 bits per heavy atom. The van der Waals surface area contributed by atoms with Crippen molar-refractivity contribution in [3.05, 3.63) is 29.8 Å². The van der Waals surface area contributed by atoms with Gasteiger partial charge in [0.2, 0.25) is 11.8 Å². The Morgan fingerprint density at radius 3 is 2.32 bits per heavy atom. The molecular weight excluding hydrogens is 316 g/mol. The summed E-state index contributed by atoms with van der Waals surface area (Å²) >= 11 is 0. The molecule has 0 aliphatic carbocycles. The predicted molar refractivity (Wildman–Crippen MR) is 96.3 cm³/mol. The average molecular weight is 344 g/mol. The number of benzene rings is 1. The van der Waals surface area contributed by atoms with Gasteiger partial charge >= 0.3 is 0 Å². The van der Waals surface area contributed by atoms with Crippen LogP contribution in [-0.4, -0.2) is 48.9 Å². The number of piperidine rings is 1. The third kappa shape index (κ3) is 3.80. The molecule has 2 aliphatic heterocycles. The lowest BCUT2D eigenvalue weighted by molar-refractivity contribution is -0.146. The van der Waals surface area contributed by atoms with Gasteiger partial charge in [-0.3, -0.25) is 9.59 Å². The fourth-order valence-electron chi connectivity index (χ4n) is 4.08. The Bertz CT molecular complexity index is 606. The smallest absolute Gasteiger partial charge is 0.228 e. The molecule has 5 heteroatoms. The van der Waals surface area contributed by atoms with E-state index < -0.39 is 0 Å². The lowest BCUT2D eigenvalue weighted by Gasteiger charge is -2.40. The fourth-order valence-corrected chi connectivity index (χ4v) is 4.08. The van der Waals surface area contributed by atoms with Crippen molar-refractivity contribution in [2.45, 2.75) is 44.6 Å². The Hall–Kier alpha value is -2.04. The number of hydrogen-bond acceptors (Lipinski definition) is 3. The van der Waals surface area contributed by atoms with Crippen LogP contribution in [0.3, 0.4) is 0 Å². The number of carbonyl (C=O) groups excluding carboxylic acids is 2. The quantitative estimate of drug-likeness (QED) is 0.847. The van der Waals surface area contributed by atoms with Crippen LogP contribution in [0, 0.1) is 5.92 Å². The SMILES string of the molecule is COc1ccc([C@@H]2[C@H](C(=O)N3CCCCCC3)CCC(=O)N2C)cc1. The summed E-state index contributed by atoms with van der Waals surface area (Å²) < 4.78 is 5.23. The van der Waals surface area contributed by atoms with Gasteiger partial charge in [0, 0.05) is 26.6 Å². The standard InChI is InChI=1S/C20H28N2O3/c1-21-18(23)12-11-17(20(24)22-13-5-3-4-6-14-22)19(21)15-7-9-16(25-2)10-8-15/h7-10,17,19H,3-6,11-14H2,1-2H3/t17-,19-/m1/s1. The molecule has 0 radical (unpaired) electrons. The predicted octanol–water partition coefficient (Wildman–Crippen LogP) is 3.01. The minimum atomic E-state index is -0.192. The van der Waals surface area contributed by atoms with Crippen LogP contribution < -0.4 is 4.74 Å². The van der Waals surface area contributed by atoms with E-state index in [-0.39, 0.29) is 23.8 Å². The van der Waals surface area contributed by atoms with Crippen LogP contribution in [0.4, 0.5) is 0 Å². The first-order valence-corrected chi connectivity index (χ1v) is 9.30. The van der Waals surface area contributed by atoms with E-state index >= 15 is 0 Å². The van der Waals surface area contributed by atoms with Crippen molar-refractivity contribution >= 4 is 11.8 Å². The number of carbonyl (C=O) groups is 2. The molecule has 2 fully saturated rings. The van der Waals surface area contributed by atoms with Gasteiger partial charge in [-0.05, 0) is 37.0 Å². The minimum Gasteiger partial charge on any atom is -0.497 e. The summed E-state index contributed by atoms with van der Waals surface area (Å²) in [6.45, 7) is 1.70. The molecule has 0 aromatic heterocycles. The van der Waals surface area contributed by atoms with Crippen molar-refractivity contribution in [1.82, 2.24) is 9.80 Å². The molecular formula is C20H28N2O3. The lowest BCUT2D eigenvalue weighted by Crippen LogP contribution is -2.47. The van der Waals surface area contributed by atoms with Gasteiger partial charge in [-0.2, -0.15) is 0 Å². The highest BCUT2D eigenvalue weighted by molar-refractivity contribution is 5.85. The zero-order valence-electron chi connectivity index (χ0n) is 15.2. The molecule has 3 rings (SSSR count). The first-order chi connectivity index (χ1) is 12.1. The molecule has 2 saturated heterocycles. The van der Waals surface area contributed by atoms with E-state index in [4.69, 9.17) is 4.74 Å². The summed E-state index contributed by atoms with van der Waals surface area (Å²) in [7, 11) is 3.45. The molecule has 0 saturated carbocycles. The summed E-state index contributed by atoms with van der Waals surface area (Å²) in [4.78, 5) is 29.3. The van der Waals surface area contributed by atoms with E-state index in [0.29, 0.717) is 12.8 Å². The second kappa shape index (κ2) is 7.89. The maximum Gasteiger partial charge on any atom is 0.228 e. The van der Waals surface area contributed by atoms with Crippen LogP contribution in [0.5, 0.6) is 5.75 Å². The normalized spacial score (nSPS) is 24.8. The summed E-state index contributed by atoms with van der Waals surface area (Å²) in [5.74, 6) is 0.945. The molecule has 5 nitrogen and oxygen atoms in total. The molecule has 2 aliphatic rings. The Morgan fingerprint density at radius 2 is 1.72 bits per heavy atom. The number of ether oxygens (including phenoxy) is 1. The highest BCUT2D eigenvalue weighted by Crippen LogP contribution is 2.37. The molecule has 2 heterocycles. The topological polar surface area (TPSA) is 49.9 Å². The Balaban J connectivity index is 1.86. The summed E-state index contributed by atoms with van der Waals surface area (Å²) in [5, 5.41) is 0. The van der Waals surface area contributed by atoms with Crippen molar-refractivity contribution < 1.29 is 14.3 Å². The maximum absolute atomic E-state index is 13.2. The van der Waals surface area contributed by atoms with E-state index in [1.54, 1.807) is 12.0 Å². The van der Waals surface area contributed by atoms with Gasteiger partial charge in [0.05, 0.1) is 19.1 Å². The number of hydrogen-bond donors (Lipinski definition) is 0. The second-order valence-corrected chi connectivity index (χ2v) is 7.11. The van der Waals surface area contributed by atoms with E-state index in [1.165, 1.54) is 12.8 Å². The van der Waals surface area contributed by atoms with Gasteiger partial charge < -0.3 is 14.5 Å². The van der Waals surface area contributed by atoms with E-state index in [2.05, 4.69) is 0 Å². The van der Waals surface area contributed by atoms with Gasteiger partial charge in [-0.1, -0.05) is 25.0 Å². The molecule has 0 bridgehead atoms. The van der Waals surface area contributed by atoms with Gasteiger partial charge in [-0.25, -0.2) is 0 Å². The second-order valence-electron chi connectivity index (χ2n) is 7.11. The van der Waals surface area contributed by atoms with Crippen molar-refractivity contribution in [1.29, 1.82) is 0 Å². The molecule has 0 unspecified atom stereocenters. The third-order valence-corrected chi connectivity index (χ3v) is 5.55. The molecule has 0 spiro atoms. The first-order valence-electron chi connectivity index (χ1n) is 9.30. The van der Waals surface area contributed by atoms with Crippen molar-refractivity contribution in [3.63, 3.8) is 0 Å². The number of likely N-dealkylation sites (tertiary alicyclic amines) is 2. The maximum atomic E-state index is 13.2. The number of nitrogens with zero attached hydrogens (tertiary/aromatic N) is 2. The van der Waals surface area contributed by atoms with E-state index in [9.17, 15) is 9.59 Å². The van der Waals surface area contributed by atoms with E-state index in [0.717, 1.165) is 37.2 Å². The van der Waals surface area contributed by atoms with Crippen LogP contribution in [0.15, 0.2) is 24.3 Å². The molecule has 136 valence electrons. The van der Waals surface area contributed by atoms with E-state index in [1.807, 2.05) is 36.2 Å². The average Bonchev–Trinajstić information content (AvgIpc) is 2.93. The molecule has 25 heavy (non-hydrogen) atoms. The van der Waals surface area contributed by atoms with Crippen LogP contribution in [0.1, 0.15) is 50.1 Å². The van der Waals surface area contributed by atoms with Crippen LogP contribution >= 0.6 is 0 Å². The number of methoxy groups -OCH3 is 1. The Kier molecular flexibility index (Phi) is 5.61. The third-order valence-electron chi connectivity index (χ3n) is 5.55. The molecule has 2 amide bonds. The van der Waals surface area contributed by atoms with Crippen molar-refractivity contribution in [2.75, 3.05) is 27.2 Å². The molecule has 1 aromatic rings.